The normalized spacial score (nSPS) is 17.4. The SMILES string of the molecule is Cl.Cl.NCc1ccnc(OC2CC(F)(F)C2)c1. The lowest BCUT2D eigenvalue weighted by atomic mass is 9.91. The van der Waals surface area contributed by atoms with Crippen LogP contribution in [0.3, 0.4) is 0 Å². The number of rotatable bonds is 3. The second kappa shape index (κ2) is 6.33. The molecule has 0 unspecified atom stereocenters. The minimum atomic E-state index is -2.56. The molecule has 17 heavy (non-hydrogen) atoms. The third-order valence-electron chi connectivity index (χ3n) is 2.37. The largest absolute Gasteiger partial charge is 0.474 e. The summed E-state index contributed by atoms with van der Waals surface area (Å²) in [7, 11) is 0. The molecule has 0 aliphatic heterocycles. The summed E-state index contributed by atoms with van der Waals surface area (Å²) in [4.78, 5) is 3.93. The monoisotopic (exact) mass is 286 g/mol. The fourth-order valence-corrected chi connectivity index (χ4v) is 1.50. The van der Waals surface area contributed by atoms with E-state index in [1.807, 2.05) is 0 Å². The number of hydrogen-bond acceptors (Lipinski definition) is 3. The maximum atomic E-state index is 12.5. The highest BCUT2D eigenvalue weighted by atomic mass is 35.5. The summed E-state index contributed by atoms with van der Waals surface area (Å²) in [5.41, 5.74) is 6.32. The minimum absolute atomic E-state index is 0. The van der Waals surface area contributed by atoms with E-state index in [2.05, 4.69) is 4.98 Å². The van der Waals surface area contributed by atoms with E-state index in [0.29, 0.717) is 12.4 Å². The van der Waals surface area contributed by atoms with Crippen molar-refractivity contribution in [2.24, 2.45) is 5.73 Å². The molecular formula is C10H14Cl2F2N2O. The summed E-state index contributed by atoms with van der Waals surface area (Å²) in [5, 5.41) is 0. The summed E-state index contributed by atoms with van der Waals surface area (Å²) in [6, 6.07) is 3.44. The second-order valence-corrected chi connectivity index (χ2v) is 3.71. The first-order chi connectivity index (χ1) is 7.09. The number of alkyl halides is 2. The highest BCUT2D eigenvalue weighted by Gasteiger charge is 2.47. The second-order valence-electron chi connectivity index (χ2n) is 3.71. The standard InChI is InChI=1S/C10H12F2N2O.2ClH/c11-10(12)4-8(5-10)15-9-3-7(6-13)1-2-14-9;;/h1-3,8H,4-6,13H2;2*1H. The van der Waals surface area contributed by atoms with Gasteiger partial charge in [0.2, 0.25) is 5.88 Å². The first kappa shape index (κ1) is 16.4. The summed E-state index contributed by atoms with van der Waals surface area (Å²) >= 11 is 0. The van der Waals surface area contributed by atoms with Crippen LogP contribution in [0.4, 0.5) is 8.78 Å². The molecule has 3 nitrogen and oxygen atoms in total. The number of pyridine rings is 1. The van der Waals surface area contributed by atoms with E-state index < -0.39 is 12.0 Å². The van der Waals surface area contributed by atoms with Crippen molar-refractivity contribution in [2.75, 3.05) is 0 Å². The molecule has 0 spiro atoms. The van der Waals surface area contributed by atoms with Gasteiger partial charge in [0, 0.05) is 31.6 Å². The molecule has 0 bridgehead atoms. The van der Waals surface area contributed by atoms with Gasteiger partial charge in [-0.15, -0.1) is 24.8 Å². The Labute approximate surface area is 111 Å². The van der Waals surface area contributed by atoms with E-state index in [1.165, 1.54) is 0 Å². The molecule has 0 amide bonds. The van der Waals surface area contributed by atoms with E-state index in [0.717, 1.165) is 5.56 Å². The van der Waals surface area contributed by atoms with Gasteiger partial charge in [0.05, 0.1) is 0 Å². The van der Waals surface area contributed by atoms with Crippen molar-refractivity contribution in [2.45, 2.75) is 31.4 Å². The maximum Gasteiger partial charge on any atom is 0.255 e. The van der Waals surface area contributed by atoms with Gasteiger partial charge in [0.1, 0.15) is 6.10 Å². The van der Waals surface area contributed by atoms with Crippen molar-refractivity contribution in [1.29, 1.82) is 0 Å². The molecule has 1 aliphatic carbocycles. The average molecular weight is 287 g/mol. The number of halogens is 4. The van der Waals surface area contributed by atoms with Crippen LogP contribution in [-0.4, -0.2) is 17.0 Å². The van der Waals surface area contributed by atoms with Crippen LogP contribution < -0.4 is 10.5 Å². The topological polar surface area (TPSA) is 48.1 Å². The highest BCUT2D eigenvalue weighted by molar-refractivity contribution is 5.85. The fraction of sp³-hybridized carbons (Fsp3) is 0.500. The van der Waals surface area contributed by atoms with E-state index in [4.69, 9.17) is 10.5 Å². The molecule has 0 aromatic carbocycles. The Hall–Kier alpha value is -0.650. The quantitative estimate of drug-likeness (QED) is 0.929. The van der Waals surface area contributed by atoms with Crippen molar-refractivity contribution in [3.8, 4) is 5.88 Å². The van der Waals surface area contributed by atoms with Crippen LogP contribution in [0, 0.1) is 0 Å². The third-order valence-corrected chi connectivity index (χ3v) is 2.37. The van der Waals surface area contributed by atoms with E-state index >= 15 is 0 Å². The molecule has 1 aromatic heterocycles. The smallest absolute Gasteiger partial charge is 0.255 e. The van der Waals surface area contributed by atoms with Crippen molar-refractivity contribution in [1.82, 2.24) is 4.98 Å². The Morgan fingerprint density at radius 3 is 2.59 bits per heavy atom. The number of nitrogens with two attached hydrogens (primary N) is 1. The Morgan fingerprint density at radius 2 is 2.06 bits per heavy atom. The van der Waals surface area contributed by atoms with Gasteiger partial charge in [-0.25, -0.2) is 13.8 Å². The van der Waals surface area contributed by atoms with Crippen molar-refractivity contribution in [3.63, 3.8) is 0 Å². The molecule has 1 fully saturated rings. The van der Waals surface area contributed by atoms with Gasteiger partial charge < -0.3 is 10.5 Å². The Kier molecular flexibility index (Phi) is 6.09. The van der Waals surface area contributed by atoms with Crippen molar-refractivity contribution < 1.29 is 13.5 Å². The Morgan fingerprint density at radius 1 is 1.41 bits per heavy atom. The molecule has 1 aromatic rings. The molecule has 0 saturated heterocycles. The number of aromatic nitrogens is 1. The van der Waals surface area contributed by atoms with Crippen LogP contribution in [0.15, 0.2) is 18.3 Å². The van der Waals surface area contributed by atoms with Crippen LogP contribution >= 0.6 is 24.8 Å². The minimum Gasteiger partial charge on any atom is -0.474 e. The molecule has 98 valence electrons. The van der Waals surface area contributed by atoms with Crippen molar-refractivity contribution >= 4 is 24.8 Å². The van der Waals surface area contributed by atoms with Crippen LogP contribution in [0.1, 0.15) is 18.4 Å². The zero-order valence-corrected chi connectivity index (χ0v) is 10.6. The zero-order chi connectivity index (χ0) is 10.9. The fourth-order valence-electron chi connectivity index (χ4n) is 1.50. The third kappa shape index (κ3) is 4.26. The van der Waals surface area contributed by atoms with Gasteiger partial charge in [-0.1, -0.05) is 0 Å². The van der Waals surface area contributed by atoms with Gasteiger partial charge in [-0.05, 0) is 11.6 Å². The molecule has 7 heteroatoms. The van der Waals surface area contributed by atoms with Gasteiger partial charge in [0.25, 0.3) is 5.92 Å². The molecular weight excluding hydrogens is 273 g/mol. The lowest BCUT2D eigenvalue weighted by Gasteiger charge is -2.34. The first-order valence-corrected chi connectivity index (χ1v) is 4.78. The van der Waals surface area contributed by atoms with Gasteiger partial charge in [-0.2, -0.15) is 0 Å². The van der Waals surface area contributed by atoms with E-state index in [-0.39, 0.29) is 37.7 Å². The predicted octanol–water partition coefficient (Wildman–Crippen LogP) is 2.56. The summed E-state index contributed by atoms with van der Waals surface area (Å²) in [5.74, 6) is -2.19. The van der Waals surface area contributed by atoms with Crippen LogP contribution in [0.25, 0.3) is 0 Å². The molecule has 1 heterocycles. The lowest BCUT2D eigenvalue weighted by Crippen LogP contribution is -2.43. The zero-order valence-electron chi connectivity index (χ0n) is 8.94. The maximum absolute atomic E-state index is 12.5. The Balaban J connectivity index is 0.00000128. The van der Waals surface area contributed by atoms with Crippen LogP contribution in [-0.2, 0) is 6.54 Å². The highest BCUT2D eigenvalue weighted by Crippen LogP contribution is 2.39. The Bertz CT molecular complexity index is 358. The predicted molar refractivity (Wildman–Crippen MR) is 65.2 cm³/mol. The molecule has 1 aliphatic rings. The summed E-state index contributed by atoms with van der Waals surface area (Å²) in [6.07, 6.45) is 0.706. The number of ether oxygens (including phenoxy) is 1. The van der Waals surface area contributed by atoms with Crippen LogP contribution in [0.2, 0.25) is 0 Å². The lowest BCUT2D eigenvalue weighted by molar-refractivity contribution is -0.135. The molecule has 2 N–H and O–H groups in total. The van der Waals surface area contributed by atoms with E-state index in [9.17, 15) is 8.78 Å². The number of nitrogens with zero attached hydrogens (tertiary/aromatic N) is 1. The van der Waals surface area contributed by atoms with Crippen LogP contribution in [0.5, 0.6) is 5.88 Å². The van der Waals surface area contributed by atoms with E-state index in [1.54, 1.807) is 18.3 Å². The summed E-state index contributed by atoms with van der Waals surface area (Å²) < 4.78 is 30.3. The van der Waals surface area contributed by atoms with Gasteiger partial charge in [0.15, 0.2) is 0 Å². The average Bonchev–Trinajstić information content (AvgIpc) is 2.15. The molecule has 0 atom stereocenters. The number of hydrogen-bond donors (Lipinski definition) is 1. The van der Waals surface area contributed by atoms with Crippen molar-refractivity contribution in [3.05, 3.63) is 23.9 Å². The first-order valence-electron chi connectivity index (χ1n) is 4.78. The molecule has 1 saturated carbocycles. The molecule has 0 radical (unpaired) electrons. The van der Waals surface area contributed by atoms with Gasteiger partial charge >= 0.3 is 0 Å². The molecule has 2 rings (SSSR count). The van der Waals surface area contributed by atoms with Gasteiger partial charge in [-0.3, -0.25) is 0 Å². The summed E-state index contributed by atoms with van der Waals surface area (Å²) in [6.45, 7) is 0.389.